The zero-order valence-corrected chi connectivity index (χ0v) is 24.2. The molecule has 8 heteroatoms. The maximum absolute atomic E-state index is 13.9. The minimum absolute atomic E-state index is 0.0436. The summed E-state index contributed by atoms with van der Waals surface area (Å²) in [6, 6.07) is 17.4. The highest BCUT2D eigenvalue weighted by atomic mass is 79.9. The van der Waals surface area contributed by atoms with E-state index >= 15 is 0 Å². The average molecular weight is 611 g/mol. The first-order valence-corrected chi connectivity index (χ1v) is 14.2. The quantitative estimate of drug-likeness (QED) is 0.171. The Bertz CT molecular complexity index is 1580. The molecule has 1 aliphatic heterocycles. The van der Waals surface area contributed by atoms with Crippen molar-refractivity contribution in [3.8, 4) is 11.5 Å². The van der Waals surface area contributed by atoms with Gasteiger partial charge in [0.1, 0.15) is 5.58 Å². The van der Waals surface area contributed by atoms with Gasteiger partial charge >= 0.3 is 0 Å². The second-order valence-electron chi connectivity index (χ2n) is 9.56. The number of benzene rings is 3. The molecule has 0 spiro atoms. The maximum atomic E-state index is 13.9. The highest BCUT2D eigenvalue weighted by Gasteiger charge is 2.43. The Balaban J connectivity index is 1.60. The predicted octanol–water partition coefficient (Wildman–Crippen LogP) is 7.92. The van der Waals surface area contributed by atoms with Gasteiger partial charge in [0.05, 0.1) is 30.7 Å². The minimum Gasteiger partial charge on any atom is -0.493 e. The number of ether oxygens (including phenoxy) is 2. The Labute approximate surface area is 240 Å². The van der Waals surface area contributed by atoms with Crippen molar-refractivity contribution < 1.29 is 18.7 Å². The lowest BCUT2D eigenvalue weighted by molar-refractivity contribution is 0.0714. The molecule has 0 fully saturated rings. The van der Waals surface area contributed by atoms with E-state index in [1.165, 1.54) is 6.42 Å². The molecule has 0 bridgehead atoms. The molecule has 2 heterocycles. The number of carbonyl (C=O) groups excluding carboxylic acids is 1. The largest absolute Gasteiger partial charge is 0.493 e. The molecule has 202 valence electrons. The molecule has 1 aliphatic rings. The molecule has 0 saturated carbocycles. The topological polar surface area (TPSA) is 69.0 Å². The average Bonchev–Trinajstić information content (AvgIpc) is 3.21. The van der Waals surface area contributed by atoms with Gasteiger partial charge in [-0.3, -0.25) is 9.59 Å². The van der Waals surface area contributed by atoms with Crippen LogP contribution in [-0.2, 0) is 6.54 Å². The van der Waals surface area contributed by atoms with Gasteiger partial charge in [-0.2, -0.15) is 0 Å². The van der Waals surface area contributed by atoms with Gasteiger partial charge < -0.3 is 18.8 Å². The summed E-state index contributed by atoms with van der Waals surface area (Å²) in [5, 5.41) is 0.942. The van der Waals surface area contributed by atoms with Crippen LogP contribution in [0.4, 0.5) is 0 Å². The summed E-state index contributed by atoms with van der Waals surface area (Å²) in [6.07, 6.45) is 4.39. The molecule has 0 saturated heterocycles. The molecule has 3 aromatic carbocycles. The second kappa shape index (κ2) is 11.8. The van der Waals surface area contributed by atoms with E-state index in [4.69, 9.17) is 25.5 Å². The maximum Gasteiger partial charge on any atom is 0.291 e. The summed E-state index contributed by atoms with van der Waals surface area (Å²) in [5.74, 6) is 0.832. The molecule has 0 N–H and O–H groups in total. The molecule has 6 nitrogen and oxygen atoms in total. The van der Waals surface area contributed by atoms with E-state index in [1.54, 1.807) is 36.3 Å². The van der Waals surface area contributed by atoms with Gasteiger partial charge in [0.25, 0.3) is 5.91 Å². The lowest BCUT2D eigenvalue weighted by atomic mass is 9.97. The number of hydrogen-bond acceptors (Lipinski definition) is 5. The van der Waals surface area contributed by atoms with Crippen molar-refractivity contribution in [1.29, 1.82) is 0 Å². The summed E-state index contributed by atoms with van der Waals surface area (Å²) >= 11 is 9.91. The fraction of sp³-hybridized carbons (Fsp3) is 0.290. The van der Waals surface area contributed by atoms with Crippen LogP contribution in [0.15, 0.2) is 74.3 Å². The number of amides is 1. The van der Waals surface area contributed by atoms with Crippen molar-refractivity contribution in [2.75, 3.05) is 13.7 Å². The SMILES string of the molecule is CCCCCCOc1ccc(C2c3c(oc4ccc(Br)cc4c3=O)C(=O)N2Cc2ccccc2Cl)cc1OC. The van der Waals surface area contributed by atoms with Gasteiger partial charge in [-0.05, 0) is 53.9 Å². The first-order valence-electron chi connectivity index (χ1n) is 13.0. The summed E-state index contributed by atoms with van der Waals surface area (Å²) in [4.78, 5) is 29.3. The molecule has 4 aromatic rings. The number of nitrogens with zero attached hydrogens (tertiary/aromatic N) is 1. The highest BCUT2D eigenvalue weighted by molar-refractivity contribution is 9.10. The Morgan fingerprint density at radius 1 is 1.00 bits per heavy atom. The Hall–Kier alpha value is -3.29. The van der Waals surface area contributed by atoms with Crippen LogP contribution in [0.3, 0.4) is 0 Å². The van der Waals surface area contributed by atoms with E-state index in [0.29, 0.717) is 45.2 Å². The van der Waals surface area contributed by atoms with Crippen LogP contribution in [-0.4, -0.2) is 24.5 Å². The summed E-state index contributed by atoms with van der Waals surface area (Å²) in [6.45, 7) is 2.96. The van der Waals surface area contributed by atoms with E-state index in [0.717, 1.165) is 29.3 Å². The molecule has 5 rings (SSSR count). The molecule has 1 atom stereocenters. The zero-order chi connectivity index (χ0) is 27.5. The number of halogens is 2. The number of hydrogen-bond donors (Lipinski definition) is 0. The van der Waals surface area contributed by atoms with Crippen LogP contribution in [0.25, 0.3) is 11.0 Å². The number of carbonyl (C=O) groups is 1. The summed E-state index contributed by atoms with van der Waals surface area (Å²) < 4.78 is 18.5. The molecule has 0 aliphatic carbocycles. The zero-order valence-electron chi connectivity index (χ0n) is 21.8. The number of methoxy groups -OCH3 is 1. The molecule has 1 aromatic heterocycles. The number of unbranched alkanes of at least 4 members (excludes halogenated alkanes) is 3. The fourth-order valence-corrected chi connectivity index (χ4v) is 5.55. The minimum atomic E-state index is -0.698. The second-order valence-corrected chi connectivity index (χ2v) is 10.9. The van der Waals surface area contributed by atoms with Crippen molar-refractivity contribution in [2.45, 2.75) is 45.2 Å². The van der Waals surface area contributed by atoms with E-state index in [-0.39, 0.29) is 23.6 Å². The van der Waals surface area contributed by atoms with Crippen LogP contribution in [0.2, 0.25) is 5.02 Å². The third-order valence-electron chi connectivity index (χ3n) is 6.99. The molecular formula is C31H29BrClNO5. The van der Waals surface area contributed by atoms with Crippen LogP contribution in [0, 0.1) is 0 Å². The van der Waals surface area contributed by atoms with Crippen molar-refractivity contribution in [1.82, 2.24) is 4.90 Å². The highest BCUT2D eigenvalue weighted by Crippen LogP contribution is 2.42. The number of fused-ring (bicyclic) bond motifs is 2. The smallest absolute Gasteiger partial charge is 0.291 e. The molecule has 1 amide bonds. The summed E-state index contributed by atoms with van der Waals surface area (Å²) in [7, 11) is 1.58. The van der Waals surface area contributed by atoms with Gasteiger partial charge in [-0.1, -0.05) is 78.0 Å². The lowest BCUT2D eigenvalue weighted by Gasteiger charge is -2.26. The van der Waals surface area contributed by atoms with Crippen molar-refractivity contribution >= 4 is 44.4 Å². The number of rotatable bonds is 10. The summed E-state index contributed by atoms with van der Waals surface area (Å²) in [5.41, 5.74) is 1.89. The van der Waals surface area contributed by atoms with Crippen LogP contribution in [0.5, 0.6) is 11.5 Å². The van der Waals surface area contributed by atoms with Gasteiger partial charge in [0.2, 0.25) is 5.76 Å². The molecule has 39 heavy (non-hydrogen) atoms. The Kier molecular flexibility index (Phi) is 8.29. The first-order chi connectivity index (χ1) is 18.9. The van der Waals surface area contributed by atoms with Crippen LogP contribution >= 0.6 is 27.5 Å². The van der Waals surface area contributed by atoms with Gasteiger partial charge in [0.15, 0.2) is 16.9 Å². The van der Waals surface area contributed by atoms with E-state index < -0.39 is 6.04 Å². The van der Waals surface area contributed by atoms with Crippen molar-refractivity contribution in [2.24, 2.45) is 0 Å². The first kappa shape index (κ1) is 27.3. The van der Waals surface area contributed by atoms with Gasteiger partial charge in [0, 0.05) is 16.0 Å². The van der Waals surface area contributed by atoms with E-state index in [1.807, 2.05) is 36.4 Å². The van der Waals surface area contributed by atoms with Crippen molar-refractivity contribution in [3.05, 3.63) is 103 Å². The van der Waals surface area contributed by atoms with Crippen LogP contribution in [0.1, 0.15) is 65.9 Å². The lowest BCUT2D eigenvalue weighted by Crippen LogP contribution is -2.29. The Morgan fingerprint density at radius 3 is 2.59 bits per heavy atom. The van der Waals surface area contributed by atoms with Gasteiger partial charge in [-0.25, -0.2) is 0 Å². The van der Waals surface area contributed by atoms with Crippen LogP contribution < -0.4 is 14.9 Å². The third-order valence-corrected chi connectivity index (χ3v) is 7.85. The van der Waals surface area contributed by atoms with E-state index in [9.17, 15) is 9.59 Å². The Morgan fingerprint density at radius 2 is 1.82 bits per heavy atom. The molecule has 0 radical (unpaired) electrons. The molecule has 1 unspecified atom stereocenters. The monoisotopic (exact) mass is 609 g/mol. The molecular weight excluding hydrogens is 582 g/mol. The van der Waals surface area contributed by atoms with Crippen molar-refractivity contribution in [3.63, 3.8) is 0 Å². The standard InChI is InChI=1S/C31H29BrClNO5/c1-3-4-5-8-15-38-25-13-11-19(16-26(25)37-2)28-27-29(35)22-17-21(32)12-14-24(22)39-30(27)31(36)34(28)18-20-9-6-7-10-23(20)33/h6-7,9-14,16-17,28H,3-5,8,15,18H2,1-2H3. The fourth-order valence-electron chi connectivity index (χ4n) is 5.00. The van der Waals surface area contributed by atoms with E-state index in [2.05, 4.69) is 22.9 Å². The predicted molar refractivity (Wildman–Crippen MR) is 156 cm³/mol. The third kappa shape index (κ3) is 5.43. The normalized spacial score (nSPS) is 14.6. The van der Waals surface area contributed by atoms with Gasteiger partial charge in [-0.15, -0.1) is 0 Å².